The van der Waals surface area contributed by atoms with Gasteiger partial charge in [0.05, 0.1) is 24.4 Å². The number of anilines is 1. The van der Waals surface area contributed by atoms with Gasteiger partial charge in [0.15, 0.2) is 5.82 Å². The number of nitrogens with one attached hydrogen (secondary N) is 1. The maximum Gasteiger partial charge on any atom is 0.341 e. The number of ether oxygens (including phenoxy) is 1. The number of hydrogen-bond acceptors (Lipinski definition) is 6. The molecule has 0 radical (unpaired) electrons. The number of aryl methyl sites for hydroxylation is 1. The number of hydrogen-bond donors (Lipinski definition) is 1. The second kappa shape index (κ2) is 7.92. The molecule has 0 bridgehead atoms. The van der Waals surface area contributed by atoms with Gasteiger partial charge in [-0.25, -0.2) is 9.18 Å². The minimum atomic E-state index is -0.497. The lowest BCUT2D eigenvalue weighted by Crippen LogP contribution is -2.14. The fraction of sp³-hybridized carbons (Fsp3) is 0.400. The maximum atomic E-state index is 13.9. The predicted molar refractivity (Wildman–Crippen MR) is 103 cm³/mol. The number of aromatic nitrogens is 4. The molecular formula is C20H22FN5O2. The summed E-state index contributed by atoms with van der Waals surface area (Å²) in [5.74, 6) is 0.900. The summed E-state index contributed by atoms with van der Waals surface area (Å²) < 4.78 is 21.2. The van der Waals surface area contributed by atoms with Gasteiger partial charge in [0.2, 0.25) is 0 Å². The summed E-state index contributed by atoms with van der Waals surface area (Å²) in [6, 6.07) is 4.31. The topological polar surface area (TPSA) is 81.9 Å². The molecule has 0 amide bonds. The minimum Gasteiger partial charge on any atom is -0.462 e. The highest BCUT2D eigenvalue weighted by molar-refractivity contribution is 6.04. The largest absolute Gasteiger partial charge is 0.462 e. The Hall–Kier alpha value is -3.03. The van der Waals surface area contributed by atoms with Gasteiger partial charge in [-0.2, -0.15) is 0 Å². The van der Waals surface area contributed by atoms with E-state index in [4.69, 9.17) is 4.74 Å². The van der Waals surface area contributed by atoms with Crippen LogP contribution in [0.2, 0.25) is 0 Å². The second-order valence-electron chi connectivity index (χ2n) is 6.78. The van der Waals surface area contributed by atoms with Crippen molar-refractivity contribution in [3.05, 3.63) is 47.4 Å². The average Bonchev–Trinajstić information content (AvgIpc) is 2.92. The van der Waals surface area contributed by atoms with E-state index in [-0.39, 0.29) is 12.2 Å². The molecule has 1 aliphatic rings. The SMILES string of the molecule is CCOC(=O)c1cnc2ccc(F)cc2c1NCc1nnc2n1CCCCC2. The van der Waals surface area contributed by atoms with Crippen molar-refractivity contribution < 1.29 is 13.9 Å². The predicted octanol–water partition coefficient (Wildman–Crippen LogP) is 3.48. The van der Waals surface area contributed by atoms with Crippen LogP contribution in [0.5, 0.6) is 0 Å². The van der Waals surface area contributed by atoms with E-state index < -0.39 is 11.8 Å². The molecule has 0 atom stereocenters. The van der Waals surface area contributed by atoms with Gasteiger partial charge < -0.3 is 14.6 Å². The highest BCUT2D eigenvalue weighted by Crippen LogP contribution is 2.28. The number of rotatable bonds is 5. The zero-order chi connectivity index (χ0) is 19.5. The first kappa shape index (κ1) is 18.3. The molecule has 0 fully saturated rings. The number of halogens is 1. The Bertz CT molecular complexity index is 1020. The molecule has 0 spiro atoms. The summed E-state index contributed by atoms with van der Waals surface area (Å²) in [5, 5.41) is 12.4. The van der Waals surface area contributed by atoms with Crippen LogP contribution in [0.25, 0.3) is 10.9 Å². The van der Waals surface area contributed by atoms with Crippen molar-refractivity contribution in [1.29, 1.82) is 0 Å². The van der Waals surface area contributed by atoms with Crippen LogP contribution in [0.1, 0.15) is 48.2 Å². The summed E-state index contributed by atoms with van der Waals surface area (Å²) >= 11 is 0. The molecule has 8 heteroatoms. The first-order valence-corrected chi connectivity index (χ1v) is 9.57. The highest BCUT2D eigenvalue weighted by Gasteiger charge is 2.19. The maximum absolute atomic E-state index is 13.9. The molecule has 28 heavy (non-hydrogen) atoms. The van der Waals surface area contributed by atoms with E-state index in [1.807, 2.05) is 0 Å². The molecule has 3 heterocycles. The minimum absolute atomic E-state index is 0.247. The normalized spacial score (nSPS) is 13.8. The van der Waals surface area contributed by atoms with Gasteiger partial charge in [-0.1, -0.05) is 6.42 Å². The molecule has 7 nitrogen and oxygen atoms in total. The summed E-state index contributed by atoms with van der Waals surface area (Å²) in [4.78, 5) is 16.7. The van der Waals surface area contributed by atoms with E-state index in [1.54, 1.807) is 13.0 Å². The molecule has 2 aromatic heterocycles. The molecular weight excluding hydrogens is 361 g/mol. The molecule has 3 aromatic rings. The Balaban J connectivity index is 1.70. The van der Waals surface area contributed by atoms with Crippen LogP contribution in [-0.4, -0.2) is 32.3 Å². The molecule has 1 N–H and O–H groups in total. The van der Waals surface area contributed by atoms with Crippen molar-refractivity contribution in [1.82, 2.24) is 19.7 Å². The van der Waals surface area contributed by atoms with Gasteiger partial charge in [-0.15, -0.1) is 10.2 Å². The van der Waals surface area contributed by atoms with Gasteiger partial charge in [0.1, 0.15) is 17.2 Å². The number of carbonyl (C=O) groups excluding carboxylic acids is 1. The van der Waals surface area contributed by atoms with Crippen LogP contribution in [0, 0.1) is 5.82 Å². The number of esters is 1. The van der Waals surface area contributed by atoms with E-state index in [2.05, 4.69) is 25.1 Å². The van der Waals surface area contributed by atoms with Gasteiger partial charge in [0.25, 0.3) is 0 Å². The summed E-state index contributed by atoms with van der Waals surface area (Å²) in [5.41, 5.74) is 1.36. The van der Waals surface area contributed by atoms with Crippen LogP contribution in [0.4, 0.5) is 10.1 Å². The smallest absolute Gasteiger partial charge is 0.341 e. The molecule has 0 saturated heterocycles. The van der Waals surface area contributed by atoms with Crippen molar-refractivity contribution >= 4 is 22.6 Å². The molecule has 0 saturated carbocycles. The van der Waals surface area contributed by atoms with E-state index >= 15 is 0 Å². The number of pyridine rings is 1. The lowest BCUT2D eigenvalue weighted by atomic mass is 10.1. The summed E-state index contributed by atoms with van der Waals surface area (Å²) in [6.45, 7) is 3.24. The van der Waals surface area contributed by atoms with Crippen molar-refractivity contribution in [2.75, 3.05) is 11.9 Å². The van der Waals surface area contributed by atoms with E-state index in [0.29, 0.717) is 23.1 Å². The van der Waals surface area contributed by atoms with Crippen molar-refractivity contribution in [3.63, 3.8) is 0 Å². The van der Waals surface area contributed by atoms with E-state index in [9.17, 15) is 9.18 Å². The van der Waals surface area contributed by atoms with Crippen molar-refractivity contribution in [2.24, 2.45) is 0 Å². The van der Waals surface area contributed by atoms with Gasteiger partial charge in [-0.05, 0) is 38.0 Å². The first-order chi connectivity index (χ1) is 13.7. The van der Waals surface area contributed by atoms with Crippen LogP contribution < -0.4 is 5.32 Å². The quantitative estimate of drug-likeness (QED) is 0.680. The van der Waals surface area contributed by atoms with Crippen LogP contribution in [0.3, 0.4) is 0 Å². The van der Waals surface area contributed by atoms with Crippen molar-refractivity contribution in [3.8, 4) is 0 Å². The molecule has 146 valence electrons. The first-order valence-electron chi connectivity index (χ1n) is 9.57. The van der Waals surface area contributed by atoms with Gasteiger partial charge >= 0.3 is 5.97 Å². The Kier molecular flexibility index (Phi) is 5.18. The summed E-state index contributed by atoms with van der Waals surface area (Å²) in [7, 11) is 0. The number of fused-ring (bicyclic) bond motifs is 2. The zero-order valence-electron chi connectivity index (χ0n) is 15.7. The monoisotopic (exact) mass is 383 g/mol. The average molecular weight is 383 g/mol. The molecule has 0 aliphatic carbocycles. The fourth-order valence-corrected chi connectivity index (χ4v) is 3.56. The Morgan fingerprint density at radius 3 is 3.04 bits per heavy atom. The lowest BCUT2D eigenvalue weighted by Gasteiger charge is -2.14. The molecule has 1 aromatic carbocycles. The molecule has 1 aliphatic heterocycles. The van der Waals surface area contributed by atoms with Crippen LogP contribution in [-0.2, 0) is 24.2 Å². The highest BCUT2D eigenvalue weighted by atomic mass is 19.1. The standard InChI is InChI=1S/C20H22FN5O2/c1-2-28-20(27)15-11-22-16-8-7-13(21)10-14(16)19(15)23-12-18-25-24-17-6-4-3-5-9-26(17)18/h7-8,10-11H,2-6,9,12H2,1H3,(H,22,23). The second-order valence-corrected chi connectivity index (χ2v) is 6.78. The Morgan fingerprint density at radius 1 is 1.29 bits per heavy atom. The Labute approximate surface area is 161 Å². The van der Waals surface area contributed by atoms with E-state index in [1.165, 1.54) is 24.8 Å². The third-order valence-electron chi connectivity index (χ3n) is 4.93. The molecule has 0 unspecified atom stereocenters. The van der Waals surface area contributed by atoms with Crippen LogP contribution >= 0.6 is 0 Å². The summed E-state index contributed by atoms with van der Waals surface area (Å²) in [6.07, 6.45) is 5.77. The lowest BCUT2D eigenvalue weighted by molar-refractivity contribution is 0.0527. The number of benzene rings is 1. The third kappa shape index (κ3) is 3.54. The van der Waals surface area contributed by atoms with Gasteiger partial charge in [-0.3, -0.25) is 4.98 Å². The Morgan fingerprint density at radius 2 is 2.18 bits per heavy atom. The number of carbonyl (C=O) groups is 1. The fourth-order valence-electron chi connectivity index (χ4n) is 3.56. The van der Waals surface area contributed by atoms with E-state index in [0.717, 1.165) is 37.5 Å². The van der Waals surface area contributed by atoms with Crippen molar-refractivity contribution in [2.45, 2.75) is 45.7 Å². The zero-order valence-corrected chi connectivity index (χ0v) is 15.7. The third-order valence-corrected chi connectivity index (χ3v) is 4.93. The van der Waals surface area contributed by atoms with Crippen LogP contribution in [0.15, 0.2) is 24.4 Å². The van der Waals surface area contributed by atoms with Gasteiger partial charge in [0, 0.05) is 24.5 Å². The molecule has 4 rings (SSSR count). The number of nitrogens with zero attached hydrogens (tertiary/aromatic N) is 4.